The topological polar surface area (TPSA) is 83.0 Å². The maximum Gasteiger partial charge on any atom is 0.336 e. The Balaban J connectivity index is 2.64. The summed E-state index contributed by atoms with van der Waals surface area (Å²) in [5.74, 6) is -1.04. The lowest BCUT2D eigenvalue weighted by molar-refractivity contribution is 0.0697. The van der Waals surface area contributed by atoms with Crippen LogP contribution in [0.4, 0.5) is 0 Å². The molecule has 0 bridgehead atoms. The molecule has 0 fully saturated rings. The second-order valence-corrected chi connectivity index (χ2v) is 3.15. The van der Waals surface area contributed by atoms with Gasteiger partial charge >= 0.3 is 5.97 Å². The van der Waals surface area contributed by atoms with E-state index in [2.05, 4.69) is 9.97 Å². The van der Waals surface area contributed by atoms with Gasteiger partial charge in [-0.15, -0.1) is 0 Å². The van der Waals surface area contributed by atoms with E-state index in [0.29, 0.717) is 11.3 Å². The molecule has 0 aliphatic carbocycles. The molecule has 1 aromatic carbocycles. The second kappa shape index (κ2) is 3.98. The molecule has 0 saturated heterocycles. The lowest BCUT2D eigenvalue weighted by Gasteiger charge is -2.03. The minimum Gasteiger partial charge on any atom is -0.478 e. The van der Waals surface area contributed by atoms with Crippen molar-refractivity contribution in [3.63, 3.8) is 0 Å². The van der Waals surface area contributed by atoms with Crippen molar-refractivity contribution in [2.45, 2.75) is 0 Å². The van der Waals surface area contributed by atoms with Crippen LogP contribution in [0, 0.1) is 0 Å². The smallest absolute Gasteiger partial charge is 0.336 e. The van der Waals surface area contributed by atoms with Crippen LogP contribution in [0.1, 0.15) is 10.4 Å². The maximum absolute atomic E-state index is 11.1. The van der Waals surface area contributed by atoms with Crippen LogP contribution in [0.2, 0.25) is 0 Å². The fourth-order valence-corrected chi connectivity index (χ4v) is 1.41. The van der Waals surface area contributed by atoms with Gasteiger partial charge < -0.3 is 10.1 Å². The standard InChI is InChI=1S/C11H8N2O3/c14-10-5-9(12-6-13-10)7-3-1-2-4-8(7)11(15)16/h1-6H,(H,15,16)(H,12,13,14). The number of carboxylic acid groups (broad SMARTS) is 1. The number of nitrogens with zero attached hydrogens (tertiary/aromatic N) is 1. The van der Waals surface area contributed by atoms with Gasteiger partial charge in [0.2, 0.25) is 0 Å². The van der Waals surface area contributed by atoms with Gasteiger partial charge in [0.25, 0.3) is 5.56 Å². The van der Waals surface area contributed by atoms with Crippen molar-refractivity contribution in [1.82, 2.24) is 9.97 Å². The molecule has 2 N–H and O–H groups in total. The maximum atomic E-state index is 11.1. The van der Waals surface area contributed by atoms with Gasteiger partial charge in [0.15, 0.2) is 0 Å². The molecule has 2 rings (SSSR count). The summed E-state index contributed by atoms with van der Waals surface area (Å²) in [5.41, 5.74) is 0.591. The zero-order chi connectivity index (χ0) is 11.5. The summed E-state index contributed by atoms with van der Waals surface area (Å²) in [7, 11) is 0. The Morgan fingerprint density at radius 2 is 2.06 bits per heavy atom. The number of H-pyrrole nitrogens is 1. The van der Waals surface area contributed by atoms with Gasteiger partial charge in [0.1, 0.15) is 0 Å². The number of carboxylic acids is 1. The van der Waals surface area contributed by atoms with Crippen LogP contribution < -0.4 is 5.56 Å². The fourth-order valence-electron chi connectivity index (χ4n) is 1.41. The van der Waals surface area contributed by atoms with Crippen molar-refractivity contribution < 1.29 is 9.90 Å². The minimum atomic E-state index is -1.04. The lowest BCUT2D eigenvalue weighted by atomic mass is 10.0. The molecule has 0 spiro atoms. The molecule has 0 atom stereocenters. The fraction of sp³-hybridized carbons (Fsp3) is 0. The van der Waals surface area contributed by atoms with Crippen LogP contribution in [-0.2, 0) is 0 Å². The molecular formula is C11H8N2O3. The summed E-state index contributed by atoms with van der Waals surface area (Å²) in [6.07, 6.45) is 1.25. The Morgan fingerprint density at radius 3 is 2.75 bits per heavy atom. The number of hydrogen-bond acceptors (Lipinski definition) is 3. The number of benzene rings is 1. The Labute approximate surface area is 90.4 Å². The first-order valence-electron chi connectivity index (χ1n) is 4.56. The van der Waals surface area contributed by atoms with Crippen molar-refractivity contribution in [2.75, 3.05) is 0 Å². The quantitative estimate of drug-likeness (QED) is 0.788. The molecule has 2 aromatic rings. The molecule has 5 nitrogen and oxygen atoms in total. The van der Waals surface area contributed by atoms with E-state index in [0.717, 1.165) is 0 Å². The Bertz CT molecular complexity index is 590. The first-order valence-corrected chi connectivity index (χ1v) is 4.56. The molecule has 0 unspecified atom stereocenters. The summed E-state index contributed by atoms with van der Waals surface area (Å²) in [4.78, 5) is 28.4. The third kappa shape index (κ3) is 1.83. The van der Waals surface area contributed by atoms with Crippen LogP contribution in [0.5, 0.6) is 0 Å². The molecule has 0 saturated carbocycles. The molecule has 80 valence electrons. The van der Waals surface area contributed by atoms with Crippen molar-refractivity contribution in [1.29, 1.82) is 0 Å². The zero-order valence-electron chi connectivity index (χ0n) is 8.18. The summed E-state index contributed by atoms with van der Waals surface area (Å²) in [6, 6.07) is 7.68. The van der Waals surface area contributed by atoms with E-state index < -0.39 is 5.97 Å². The molecular weight excluding hydrogens is 208 g/mol. The van der Waals surface area contributed by atoms with Gasteiger partial charge in [0.05, 0.1) is 17.6 Å². The van der Waals surface area contributed by atoms with Crippen molar-refractivity contribution in [2.24, 2.45) is 0 Å². The van der Waals surface area contributed by atoms with Crippen molar-refractivity contribution in [3.8, 4) is 11.3 Å². The van der Waals surface area contributed by atoms with E-state index in [1.165, 1.54) is 18.5 Å². The number of carbonyl (C=O) groups is 1. The highest BCUT2D eigenvalue weighted by Crippen LogP contribution is 2.19. The molecule has 1 aromatic heterocycles. The third-order valence-corrected chi connectivity index (χ3v) is 2.11. The monoisotopic (exact) mass is 216 g/mol. The van der Waals surface area contributed by atoms with Gasteiger partial charge in [-0.05, 0) is 6.07 Å². The van der Waals surface area contributed by atoms with Gasteiger partial charge in [-0.1, -0.05) is 18.2 Å². The summed E-state index contributed by atoms with van der Waals surface area (Å²) in [5, 5.41) is 8.98. The number of aromatic amines is 1. The summed E-state index contributed by atoms with van der Waals surface area (Å²) < 4.78 is 0. The van der Waals surface area contributed by atoms with E-state index in [1.807, 2.05) is 0 Å². The van der Waals surface area contributed by atoms with E-state index >= 15 is 0 Å². The molecule has 16 heavy (non-hydrogen) atoms. The predicted molar refractivity (Wildman–Crippen MR) is 57.3 cm³/mol. The van der Waals surface area contributed by atoms with Gasteiger partial charge in [-0.3, -0.25) is 4.79 Å². The number of aromatic nitrogens is 2. The summed E-state index contributed by atoms with van der Waals surface area (Å²) in [6.45, 7) is 0. The Morgan fingerprint density at radius 1 is 1.31 bits per heavy atom. The number of hydrogen-bond donors (Lipinski definition) is 2. The van der Waals surface area contributed by atoms with Gasteiger partial charge in [-0.25, -0.2) is 9.78 Å². The van der Waals surface area contributed by atoms with E-state index in [9.17, 15) is 9.59 Å². The van der Waals surface area contributed by atoms with Crippen LogP contribution in [0.15, 0.2) is 41.5 Å². The average Bonchev–Trinajstić information content (AvgIpc) is 2.29. The second-order valence-electron chi connectivity index (χ2n) is 3.15. The van der Waals surface area contributed by atoms with Crippen LogP contribution in [0.3, 0.4) is 0 Å². The third-order valence-electron chi connectivity index (χ3n) is 2.11. The SMILES string of the molecule is O=C(O)c1ccccc1-c1cc(=O)[nH]cn1. The Hall–Kier alpha value is -2.43. The summed E-state index contributed by atoms with van der Waals surface area (Å²) >= 11 is 0. The van der Waals surface area contributed by atoms with Crippen LogP contribution in [-0.4, -0.2) is 21.0 Å². The highest BCUT2D eigenvalue weighted by molar-refractivity contribution is 5.95. The van der Waals surface area contributed by atoms with Gasteiger partial charge in [0, 0.05) is 11.6 Å². The predicted octanol–water partition coefficient (Wildman–Crippen LogP) is 1.14. The minimum absolute atomic E-state index is 0.126. The normalized spacial score (nSPS) is 10.0. The van der Waals surface area contributed by atoms with E-state index in [4.69, 9.17) is 5.11 Å². The molecule has 0 amide bonds. The number of rotatable bonds is 2. The van der Waals surface area contributed by atoms with Crippen LogP contribution >= 0.6 is 0 Å². The molecule has 0 aliphatic heterocycles. The highest BCUT2D eigenvalue weighted by atomic mass is 16.4. The largest absolute Gasteiger partial charge is 0.478 e. The first kappa shape index (κ1) is 10.1. The lowest BCUT2D eigenvalue weighted by Crippen LogP contribution is -2.06. The number of aromatic carboxylic acids is 1. The molecule has 1 heterocycles. The average molecular weight is 216 g/mol. The van der Waals surface area contributed by atoms with E-state index in [-0.39, 0.29) is 11.1 Å². The van der Waals surface area contributed by atoms with Crippen LogP contribution in [0.25, 0.3) is 11.3 Å². The van der Waals surface area contributed by atoms with Crippen molar-refractivity contribution >= 4 is 5.97 Å². The zero-order valence-corrected chi connectivity index (χ0v) is 8.18. The Kier molecular flexibility index (Phi) is 2.51. The number of nitrogens with one attached hydrogen (secondary N) is 1. The highest BCUT2D eigenvalue weighted by Gasteiger charge is 2.11. The first-order chi connectivity index (χ1) is 7.68. The molecule has 5 heteroatoms. The molecule has 0 radical (unpaired) electrons. The molecule has 0 aliphatic rings. The van der Waals surface area contributed by atoms with Crippen molar-refractivity contribution in [3.05, 3.63) is 52.6 Å². The van der Waals surface area contributed by atoms with Gasteiger partial charge in [-0.2, -0.15) is 0 Å². The van der Waals surface area contributed by atoms with E-state index in [1.54, 1.807) is 18.2 Å².